The van der Waals surface area contributed by atoms with Gasteiger partial charge in [-0.2, -0.15) is 0 Å². The van der Waals surface area contributed by atoms with Crippen LogP contribution in [0.2, 0.25) is 0 Å². The molecule has 0 fully saturated rings. The summed E-state index contributed by atoms with van der Waals surface area (Å²) in [7, 11) is 0. The minimum atomic E-state index is 0.0209. The van der Waals surface area contributed by atoms with E-state index in [2.05, 4.69) is 4.98 Å². The van der Waals surface area contributed by atoms with Crippen LogP contribution in [0.1, 0.15) is 12.6 Å². The SMILES string of the molecule is CCN(C(=O)Cc1cocn1)c1ccccc1. The lowest BCUT2D eigenvalue weighted by atomic mass is 10.2. The van der Waals surface area contributed by atoms with E-state index >= 15 is 0 Å². The van der Waals surface area contributed by atoms with E-state index in [4.69, 9.17) is 4.42 Å². The molecule has 2 rings (SSSR count). The summed E-state index contributed by atoms with van der Waals surface area (Å²) >= 11 is 0. The number of carbonyl (C=O) groups excluding carboxylic acids is 1. The lowest BCUT2D eigenvalue weighted by Crippen LogP contribution is -2.31. The molecule has 1 heterocycles. The first-order chi connectivity index (χ1) is 8.31. The number of anilines is 1. The van der Waals surface area contributed by atoms with E-state index in [9.17, 15) is 4.79 Å². The van der Waals surface area contributed by atoms with Gasteiger partial charge < -0.3 is 9.32 Å². The summed E-state index contributed by atoms with van der Waals surface area (Å²) < 4.78 is 4.85. The standard InChI is InChI=1S/C13H14N2O2/c1-2-15(12-6-4-3-5-7-12)13(16)8-11-9-17-10-14-11/h3-7,9-10H,2,8H2,1H3. The zero-order valence-electron chi connectivity index (χ0n) is 9.67. The number of carbonyl (C=O) groups is 1. The minimum absolute atomic E-state index is 0.0209. The lowest BCUT2D eigenvalue weighted by molar-refractivity contribution is -0.118. The third-order valence-corrected chi connectivity index (χ3v) is 2.50. The van der Waals surface area contributed by atoms with Crippen molar-refractivity contribution >= 4 is 11.6 Å². The minimum Gasteiger partial charge on any atom is -0.451 e. The van der Waals surface area contributed by atoms with Gasteiger partial charge in [-0.05, 0) is 19.1 Å². The van der Waals surface area contributed by atoms with Gasteiger partial charge in [0.05, 0.1) is 12.1 Å². The molecule has 1 aromatic heterocycles. The molecule has 0 unspecified atom stereocenters. The first-order valence-electron chi connectivity index (χ1n) is 5.53. The molecule has 0 radical (unpaired) electrons. The third-order valence-electron chi connectivity index (χ3n) is 2.50. The van der Waals surface area contributed by atoms with E-state index in [0.717, 1.165) is 5.69 Å². The maximum atomic E-state index is 12.1. The van der Waals surface area contributed by atoms with E-state index in [-0.39, 0.29) is 12.3 Å². The second-order valence-electron chi connectivity index (χ2n) is 3.63. The van der Waals surface area contributed by atoms with Gasteiger partial charge in [-0.25, -0.2) is 4.98 Å². The number of hydrogen-bond donors (Lipinski definition) is 0. The molecule has 0 aliphatic heterocycles. The van der Waals surface area contributed by atoms with Gasteiger partial charge in [0.2, 0.25) is 5.91 Å². The van der Waals surface area contributed by atoms with Gasteiger partial charge in [-0.3, -0.25) is 4.79 Å². The van der Waals surface area contributed by atoms with Crippen molar-refractivity contribution in [1.29, 1.82) is 0 Å². The fourth-order valence-electron chi connectivity index (χ4n) is 1.69. The van der Waals surface area contributed by atoms with Gasteiger partial charge in [0, 0.05) is 12.2 Å². The molecule has 4 heteroatoms. The quantitative estimate of drug-likeness (QED) is 0.809. The summed E-state index contributed by atoms with van der Waals surface area (Å²) in [6, 6.07) is 9.61. The van der Waals surface area contributed by atoms with Crippen LogP contribution in [0.5, 0.6) is 0 Å². The van der Waals surface area contributed by atoms with Crippen LogP contribution in [0.15, 0.2) is 47.4 Å². The summed E-state index contributed by atoms with van der Waals surface area (Å²) in [5.74, 6) is 0.0209. The van der Waals surface area contributed by atoms with Crippen LogP contribution in [0.4, 0.5) is 5.69 Å². The number of amides is 1. The Morgan fingerprint density at radius 2 is 2.12 bits per heavy atom. The van der Waals surface area contributed by atoms with Crippen molar-refractivity contribution in [3.8, 4) is 0 Å². The van der Waals surface area contributed by atoms with E-state index in [1.807, 2.05) is 37.3 Å². The van der Waals surface area contributed by atoms with Crippen LogP contribution in [0.25, 0.3) is 0 Å². The topological polar surface area (TPSA) is 46.3 Å². The first kappa shape index (κ1) is 11.4. The van der Waals surface area contributed by atoms with Gasteiger partial charge >= 0.3 is 0 Å². The number of aromatic nitrogens is 1. The molecular weight excluding hydrogens is 216 g/mol. The van der Waals surface area contributed by atoms with Crippen molar-refractivity contribution in [3.05, 3.63) is 48.7 Å². The Morgan fingerprint density at radius 3 is 2.71 bits per heavy atom. The predicted molar refractivity (Wildman–Crippen MR) is 64.7 cm³/mol. The summed E-state index contributed by atoms with van der Waals surface area (Å²) in [5, 5.41) is 0. The zero-order chi connectivity index (χ0) is 12.1. The van der Waals surface area contributed by atoms with Gasteiger partial charge in [0.1, 0.15) is 6.26 Å². The van der Waals surface area contributed by atoms with Crippen molar-refractivity contribution in [2.24, 2.45) is 0 Å². The summed E-state index contributed by atoms with van der Waals surface area (Å²) in [6.07, 6.45) is 3.09. The fraction of sp³-hybridized carbons (Fsp3) is 0.231. The molecule has 0 aliphatic rings. The molecule has 2 aromatic rings. The fourth-order valence-corrected chi connectivity index (χ4v) is 1.69. The van der Waals surface area contributed by atoms with Crippen LogP contribution < -0.4 is 4.90 Å². The molecule has 0 N–H and O–H groups in total. The Labute approximate surface area is 99.9 Å². The molecule has 0 spiro atoms. The van der Waals surface area contributed by atoms with Gasteiger partial charge in [0.25, 0.3) is 0 Å². The van der Waals surface area contributed by atoms with Gasteiger partial charge in [-0.1, -0.05) is 18.2 Å². The molecule has 0 saturated carbocycles. The molecule has 0 atom stereocenters. The highest BCUT2D eigenvalue weighted by Gasteiger charge is 2.15. The predicted octanol–water partition coefficient (Wildman–Crippen LogP) is 2.27. The first-order valence-corrected chi connectivity index (χ1v) is 5.53. The van der Waals surface area contributed by atoms with Crippen LogP contribution >= 0.6 is 0 Å². The molecule has 1 aromatic carbocycles. The van der Waals surface area contributed by atoms with Crippen molar-refractivity contribution in [3.63, 3.8) is 0 Å². The number of oxazole rings is 1. The molecule has 0 aliphatic carbocycles. The largest absolute Gasteiger partial charge is 0.451 e. The number of nitrogens with zero attached hydrogens (tertiary/aromatic N) is 2. The zero-order valence-corrected chi connectivity index (χ0v) is 9.67. The summed E-state index contributed by atoms with van der Waals surface area (Å²) in [4.78, 5) is 17.8. The number of para-hydroxylation sites is 1. The highest BCUT2D eigenvalue weighted by atomic mass is 16.3. The summed E-state index contributed by atoms with van der Waals surface area (Å²) in [6.45, 7) is 2.59. The number of hydrogen-bond acceptors (Lipinski definition) is 3. The molecule has 88 valence electrons. The number of likely N-dealkylation sites (N-methyl/N-ethyl adjacent to an activating group) is 1. The molecule has 0 bridgehead atoms. The number of rotatable bonds is 4. The highest BCUT2D eigenvalue weighted by molar-refractivity contribution is 5.94. The third kappa shape index (κ3) is 2.72. The Kier molecular flexibility index (Phi) is 3.55. The molecular formula is C13H14N2O2. The summed E-state index contributed by atoms with van der Waals surface area (Å²) in [5.41, 5.74) is 1.56. The van der Waals surface area contributed by atoms with Crippen molar-refractivity contribution in [2.75, 3.05) is 11.4 Å². The van der Waals surface area contributed by atoms with E-state index in [0.29, 0.717) is 12.2 Å². The Balaban J connectivity index is 2.11. The molecule has 17 heavy (non-hydrogen) atoms. The smallest absolute Gasteiger partial charge is 0.233 e. The van der Waals surface area contributed by atoms with E-state index < -0.39 is 0 Å². The van der Waals surface area contributed by atoms with Crippen molar-refractivity contribution < 1.29 is 9.21 Å². The Morgan fingerprint density at radius 1 is 1.35 bits per heavy atom. The molecule has 4 nitrogen and oxygen atoms in total. The maximum absolute atomic E-state index is 12.1. The average molecular weight is 230 g/mol. The van der Waals surface area contributed by atoms with E-state index in [1.54, 1.807) is 4.90 Å². The van der Waals surface area contributed by atoms with Crippen molar-refractivity contribution in [2.45, 2.75) is 13.3 Å². The monoisotopic (exact) mass is 230 g/mol. The normalized spacial score (nSPS) is 10.2. The molecule has 1 amide bonds. The van der Waals surface area contributed by atoms with Gasteiger partial charge in [0.15, 0.2) is 6.39 Å². The van der Waals surface area contributed by atoms with Crippen LogP contribution in [0, 0.1) is 0 Å². The second-order valence-corrected chi connectivity index (χ2v) is 3.63. The average Bonchev–Trinajstić information content (AvgIpc) is 2.84. The van der Waals surface area contributed by atoms with Crippen LogP contribution in [-0.2, 0) is 11.2 Å². The Hall–Kier alpha value is -2.10. The maximum Gasteiger partial charge on any atom is 0.233 e. The number of benzene rings is 1. The Bertz CT molecular complexity index is 465. The highest BCUT2D eigenvalue weighted by Crippen LogP contribution is 2.14. The van der Waals surface area contributed by atoms with Gasteiger partial charge in [-0.15, -0.1) is 0 Å². The lowest BCUT2D eigenvalue weighted by Gasteiger charge is -2.20. The van der Waals surface area contributed by atoms with E-state index in [1.165, 1.54) is 12.7 Å². The molecule has 0 saturated heterocycles. The van der Waals surface area contributed by atoms with Crippen molar-refractivity contribution in [1.82, 2.24) is 4.98 Å². The van der Waals surface area contributed by atoms with Crippen LogP contribution in [0.3, 0.4) is 0 Å². The second kappa shape index (κ2) is 5.30. The van der Waals surface area contributed by atoms with Crippen LogP contribution in [-0.4, -0.2) is 17.4 Å².